The Balaban J connectivity index is 1.61. The average Bonchev–Trinajstić information content (AvgIpc) is 2.82. The monoisotopic (exact) mass is 252 g/mol. The van der Waals surface area contributed by atoms with Gasteiger partial charge >= 0.3 is 0 Å². The van der Waals surface area contributed by atoms with E-state index in [1.165, 1.54) is 0 Å². The van der Waals surface area contributed by atoms with Gasteiger partial charge in [-0.2, -0.15) is 0 Å². The van der Waals surface area contributed by atoms with E-state index < -0.39 is 0 Å². The number of amides is 1. The number of aromatic nitrogens is 1. The van der Waals surface area contributed by atoms with Crippen LogP contribution in [0.1, 0.15) is 41.9 Å². The molecule has 0 radical (unpaired) electrons. The maximum atomic E-state index is 11.7. The topological polar surface area (TPSA) is 64.4 Å². The molecule has 0 atom stereocenters. The molecule has 1 amide bonds. The Bertz CT molecular complexity index is 383. The van der Waals surface area contributed by atoms with Gasteiger partial charge in [-0.15, -0.1) is 0 Å². The van der Waals surface area contributed by atoms with E-state index >= 15 is 0 Å². The van der Waals surface area contributed by atoms with Crippen molar-refractivity contribution in [2.24, 2.45) is 5.92 Å². The molecule has 1 aliphatic heterocycles. The zero-order valence-electron chi connectivity index (χ0n) is 10.8. The standard InChI is InChI=1S/C13H20N2O3/c1-10-9-12(15-18-10)13(16)14-6-2-3-11-4-7-17-8-5-11/h9,11H,2-8H2,1H3,(H,14,16). The van der Waals surface area contributed by atoms with Crippen molar-refractivity contribution in [3.63, 3.8) is 0 Å². The summed E-state index contributed by atoms with van der Waals surface area (Å²) in [6, 6.07) is 1.65. The van der Waals surface area contributed by atoms with Gasteiger partial charge < -0.3 is 14.6 Å². The zero-order chi connectivity index (χ0) is 12.8. The van der Waals surface area contributed by atoms with Crippen LogP contribution in [0.4, 0.5) is 0 Å². The summed E-state index contributed by atoms with van der Waals surface area (Å²) in [4.78, 5) is 11.7. The third kappa shape index (κ3) is 3.84. The first-order valence-electron chi connectivity index (χ1n) is 6.55. The molecule has 2 heterocycles. The van der Waals surface area contributed by atoms with Crippen LogP contribution in [-0.2, 0) is 4.74 Å². The lowest BCUT2D eigenvalue weighted by Crippen LogP contribution is -2.25. The second-order valence-corrected chi connectivity index (χ2v) is 4.78. The lowest BCUT2D eigenvalue weighted by atomic mass is 9.95. The van der Waals surface area contributed by atoms with Gasteiger partial charge in [-0.05, 0) is 38.5 Å². The van der Waals surface area contributed by atoms with Crippen molar-refractivity contribution in [3.8, 4) is 0 Å². The van der Waals surface area contributed by atoms with Crippen LogP contribution < -0.4 is 5.32 Å². The second kappa shape index (κ2) is 6.54. The minimum absolute atomic E-state index is 0.154. The Morgan fingerprint density at radius 3 is 2.94 bits per heavy atom. The van der Waals surface area contributed by atoms with E-state index in [9.17, 15) is 4.79 Å². The Kier molecular flexibility index (Phi) is 4.75. The van der Waals surface area contributed by atoms with E-state index in [4.69, 9.17) is 9.26 Å². The number of carbonyl (C=O) groups is 1. The second-order valence-electron chi connectivity index (χ2n) is 4.78. The summed E-state index contributed by atoms with van der Waals surface area (Å²) in [5.41, 5.74) is 0.360. The highest BCUT2D eigenvalue weighted by Gasteiger charge is 2.14. The fourth-order valence-electron chi connectivity index (χ4n) is 2.19. The quantitative estimate of drug-likeness (QED) is 0.813. The summed E-state index contributed by atoms with van der Waals surface area (Å²) < 4.78 is 10.2. The fourth-order valence-corrected chi connectivity index (χ4v) is 2.19. The summed E-state index contributed by atoms with van der Waals surface area (Å²) in [7, 11) is 0. The normalized spacial score (nSPS) is 16.7. The Labute approximate surface area is 107 Å². The lowest BCUT2D eigenvalue weighted by molar-refractivity contribution is 0.0631. The minimum atomic E-state index is -0.154. The number of rotatable bonds is 5. The SMILES string of the molecule is Cc1cc(C(=O)NCCCC2CCOCC2)no1. The van der Waals surface area contributed by atoms with E-state index in [1.54, 1.807) is 13.0 Å². The summed E-state index contributed by atoms with van der Waals surface area (Å²) in [5, 5.41) is 6.54. The third-order valence-corrected chi connectivity index (χ3v) is 3.28. The van der Waals surface area contributed by atoms with E-state index in [-0.39, 0.29) is 5.91 Å². The van der Waals surface area contributed by atoms with Gasteiger partial charge in [0.05, 0.1) is 0 Å². The molecule has 18 heavy (non-hydrogen) atoms. The molecule has 5 heteroatoms. The van der Waals surface area contributed by atoms with Crippen LogP contribution in [0, 0.1) is 12.8 Å². The van der Waals surface area contributed by atoms with Gasteiger partial charge in [0, 0.05) is 25.8 Å². The van der Waals surface area contributed by atoms with Crippen LogP contribution in [0.5, 0.6) is 0 Å². The Hall–Kier alpha value is -1.36. The highest BCUT2D eigenvalue weighted by atomic mass is 16.5. The molecule has 1 aliphatic rings. The molecule has 1 aromatic heterocycles. The van der Waals surface area contributed by atoms with Crippen molar-refractivity contribution in [2.75, 3.05) is 19.8 Å². The summed E-state index contributed by atoms with van der Waals surface area (Å²) in [6.07, 6.45) is 4.46. The van der Waals surface area contributed by atoms with E-state index in [0.29, 0.717) is 18.0 Å². The maximum Gasteiger partial charge on any atom is 0.273 e. The Morgan fingerprint density at radius 2 is 2.28 bits per heavy atom. The van der Waals surface area contributed by atoms with Crippen LogP contribution in [0.2, 0.25) is 0 Å². The lowest BCUT2D eigenvalue weighted by Gasteiger charge is -2.21. The molecule has 100 valence electrons. The Morgan fingerprint density at radius 1 is 1.50 bits per heavy atom. The molecule has 0 aromatic carbocycles. The van der Waals surface area contributed by atoms with Gasteiger partial charge in [0.15, 0.2) is 5.69 Å². The van der Waals surface area contributed by atoms with Crippen LogP contribution >= 0.6 is 0 Å². The van der Waals surface area contributed by atoms with Crippen molar-refractivity contribution in [1.29, 1.82) is 0 Å². The van der Waals surface area contributed by atoms with Gasteiger partial charge in [0.25, 0.3) is 5.91 Å². The molecule has 0 aliphatic carbocycles. The third-order valence-electron chi connectivity index (χ3n) is 3.28. The van der Waals surface area contributed by atoms with E-state index in [2.05, 4.69) is 10.5 Å². The van der Waals surface area contributed by atoms with E-state index in [1.807, 2.05) is 0 Å². The van der Waals surface area contributed by atoms with Gasteiger partial charge in [-0.3, -0.25) is 4.79 Å². The number of nitrogens with zero attached hydrogens (tertiary/aromatic N) is 1. The maximum absolute atomic E-state index is 11.7. The van der Waals surface area contributed by atoms with Crippen molar-refractivity contribution < 1.29 is 14.1 Å². The number of aryl methyl sites for hydroxylation is 1. The first-order valence-corrected chi connectivity index (χ1v) is 6.55. The molecular weight excluding hydrogens is 232 g/mol. The predicted molar refractivity (Wildman–Crippen MR) is 66.4 cm³/mol. The van der Waals surface area contributed by atoms with Gasteiger partial charge in [0.2, 0.25) is 0 Å². The number of hydrogen-bond donors (Lipinski definition) is 1. The number of hydrogen-bond acceptors (Lipinski definition) is 4. The summed E-state index contributed by atoms with van der Waals surface area (Å²) in [5.74, 6) is 1.26. The molecular formula is C13H20N2O3. The van der Waals surface area contributed by atoms with Crippen LogP contribution in [0.25, 0.3) is 0 Å². The molecule has 5 nitrogen and oxygen atoms in total. The van der Waals surface area contributed by atoms with Gasteiger partial charge in [-0.1, -0.05) is 5.16 Å². The van der Waals surface area contributed by atoms with Crippen molar-refractivity contribution >= 4 is 5.91 Å². The van der Waals surface area contributed by atoms with Crippen LogP contribution in [-0.4, -0.2) is 30.8 Å². The zero-order valence-corrected chi connectivity index (χ0v) is 10.8. The van der Waals surface area contributed by atoms with Crippen molar-refractivity contribution in [1.82, 2.24) is 10.5 Å². The largest absolute Gasteiger partial charge is 0.381 e. The molecule has 1 saturated heterocycles. The molecule has 1 fully saturated rings. The molecule has 0 saturated carbocycles. The first kappa shape index (κ1) is 13.1. The summed E-state index contributed by atoms with van der Waals surface area (Å²) in [6.45, 7) is 4.24. The van der Waals surface area contributed by atoms with Crippen molar-refractivity contribution in [2.45, 2.75) is 32.6 Å². The molecule has 0 bridgehead atoms. The molecule has 1 aromatic rings. The number of carbonyl (C=O) groups excluding carboxylic acids is 1. The molecule has 0 spiro atoms. The molecule has 0 unspecified atom stereocenters. The van der Waals surface area contributed by atoms with Gasteiger partial charge in [0.1, 0.15) is 5.76 Å². The average molecular weight is 252 g/mol. The van der Waals surface area contributed by atoms with E-state index in [0.717, 1.165) is 44.8 Å². The predicted octanol–water partition coefficient (Wildman–Crippen LogP) is 1.92. The fraction of sp³-hybridized carbons (Fsp3) is 0.692. The highest BCUT2D eigenvalue weighted by Crippen LogP contribution is 2.19. The summed E-state index contributed by atoms with van der Waals surface area (Å²) >= 11 is 0. The minimum Gasteiger partial charge on any atom is -0.381 e. The smallest absolute Gasteiger partial charge is 0.273 e. The molecule has 2 rings (SSSR count). The van der Waals surface area contributed by atoms with Crippen LogP contribution in [0.15, 0.2) is 10.6 Å². The number of ether oxygens (including phenoxy) is 1. The van der Waals surface area contributed by atoms with Crippen LogP contribution in [0.3, 0.4) is 0 Å². The number of nitrogens with one attached hydrogen (secondary N) is 1. The first-order chi connectivity index (χ1) is 8.75. The highest BCUT2D eigenvalue weighted by molar-refractivity contribution is 5.92. The molecule has 1 N–H and O–H groups in total. The van der Waals surface area contributed by atoms with Gasteiger partial charge in [-0.25, -0.2) is 0 Å². The van der Waals surface area contributed by atoms with Crippen molar-refractivity contribution in [3.05, 3.63) is 17.5 Å².